The Labute approximate surface area is 171 Å². The molecule has 0 saturated heterocycles. The number of aromatic nitrogens is 4. The Bertz CT molecular complexity index is 1370. The van der Waals surface area contributed by atoms with Gasteiger partial charge in [-0.25, -0.2) is 5.10 Å². The molecular weight excluding hydrogens is 380 g/mol. The number of hydrogen-bond donors (Lipinski definition) is 2. The third-order valence-electron chi connectivity index (χ3n) is 5.75. The Morgan fingerprint density at radius 2 is 1.90 bits per heavy atom. The summed E-state index contributed by atoms with van der Waals surface area (Å²) in [6, 6.07) is 13.0. The number of nitrogens with two attached hydrogens (primary N) is 1. The maximum absolute atomic E-state index is 13.2. The second kappa shape index (κ2) is 6.64. The van der Waals surface area contributed by atoms with Crippen LogP contribution >= 0.6 is 0 Å². The molecule has 0 bridgehead atoms. The number of carbonyl (C=O) groups excluding carboxylic acids is 1. The molecule has 1 amide bonds. The summed E-state index contributed by atoms with van der Waals surface area (Å²) in [4.78, 5) is 27.1. The third kappa shape index (κ3) is 2.50. The molecule has 2 aromatic heterocycles. The first-order valence-electron chi connectivity index (χ1n) is 9.67. The van der Waals surface area contributed by atoms with E-state index < -0.39 is 0 Å². The van der Waals surface area contributed by atoms with Crippen LogP contribution in [0.1, 0.15) is 34.6 Å². The Kier molecular flexibility index (Phi) is 4.04. The van der Waals surface area contributed by atoms with Gasteiger partial charge in [-0.05, 0) is 36.2 Å². The fourth-order valence-electron chi connectivity index (χ4n) is 4.24. The molecule has 1 unspecified atom stereocenters. The summed E-state index contributed by atoms with van der Waals surface area (Å²) >= 11 is 0. The van der Waals surface area contributed by atoms with E-state index in [2.05, 4.69) is 15.3 Å². The lowest BCUT2D eigenvalue weighted by molar-refractivity contribution is 0.0991. The van der Waals surface area contributed by atoms with Crippen molar-refractivity contribution in [2.24, 2.45) is 12.8 Å². The predicted octanol–water partition coefficient (Wildman–Crippen LogP) is 2.50. The smallest absolute Gasteiger partial charge is 0.272 e. The number of benzene rings is 2. The quantitative estimate of drug-likeness (QED) is 0.549. The van der Waals surface area contributed by atoms with Gasteiger partial charge >= 0.3 is 0 Å². The van der Waals surface area contributed by atoms with Crippen LogP contribution in [0.25, 0.3) is 21.9 Å². The molecule has 0 fully saturated rings. The SMILES string of the molecule is CC1c2ccccc2C(=O)N1c1c(-c2ccc3c(=O)[nH]nc(CN)c3c2)cnn1C. The molecule has 1 aliphatic heterocycles. The van der Waals surface area contributed by atoms with Gasteiger partial charge in [-0.2, -0.15) is 10.2 Å². The van der Waals surface area contributed by atoms with Crippen LogP contribution < -0.4 is 16.2 Å². The molecule has 4 aromatic rings. The van der Waals surface area contributed by atoms with Crippen LogP contribution in [0, 0.1) is 0 Å². The summed E-state index contributed by atoms with van der Waals surface area (Å²) < 4.78 is 1.71. The van der Waals surface area contributed by atoms with Crippen molar-refractivity contribution in [3.05, 3.63) is 75.8 Å². The molecular formula is C22H20N6O2. The van der Waals surface area contributed by atoms with Gasteiger partial charge in [0.05, 0.1) is 23.3 Å². The zero-order valence-electron chi connectivity index (χ0n) is 16.6. The maximum atomic E-state index is 13.2. The second-order valence-corrected chi connectivity index (χ2v) is 7.41. The van der Waals surface area contributed by atoms with Gasteiger partial charge in [0.15, 0.2) is 0 Å². The molecule has 0 radical (unpaired) electrons. The monoisotopic (exact) mass is 400 g/mol. The maximum Gasteiger partial charge on any atom is 0.272 e. The van der Waals surface area contributed by atoms with E-state index >= 15 is 0 Å². The Morgan fingerprint density at radius 1 is 1.10 bits per heavy atom. The average molecular weight is 400 g/mol. The molecule has 8 heteroatoms. The number of aromatic amines is 1. The number of aryl methyl sites for hydroxylation is 1. The zero-order chi connectivity index (χ0) is 21.0. The van der Waals surface area contributed by atoms with Gasteiger partial charge in [0.25, 0.3) is 11.5 Å². The second-order valence-electron chi connectivity index (χ2n) is 7.41. The van der Waals surface area contributed by atoms with E-state index in [-0.39, 0.29) is 24.1 Å². The first kappa shape index (κ1) is 18.3. The van der Waals surface area contributed by atoms with E-state index in [1.165, 1.54) is 0 Å². The van der Waals surface area contributed by atoms with Crippen molar-refractivity contribution in [2.75, 3.05) is 4.90 Å². The fourth-order valence-corrected chi connectivity index (χ4v) is 4.24. The first-order chi connectivity index (χ1) is 14.5. The molecule has 0 spiro atoms. The minimum Gasteiger partial charge on any atom is -0.325 e. The summed E-state index contributed by atoms with van der Waals surface area (Å²) in [6.07, 6.45) is 1.74. The van der Waals surface area contributed by atoms with E-state index in [1.54, 1.807) is 21.8 Å². The number of carbonyl (C=O) groups is 1. The van der Waals surface area contributed by atoms with Gasteiger partial charge in [0.1, 0.15) is 5.82 Å². The van der Waals surface area contributed by atoms with E-state index in [4.69, 9.17) is 5.73 Å². The number of anilines is 1. The molecule has 30 heavy (non-hydrogen) atoms. The average Bonchev–Trinajstić information content (AvgIpc) is 3.25. The summed E-state index contributed by atoms with van der Waals surface area (Å²) in [6.45, 7) is 2.21. The van der Waals surface area contributed by atoms with Crippen molar-refractivity contribution >= 4 is 22.5 Å². The number of rotatable bonds is 3. The van der Waals surface area contributed by atoms with Gasteiger partial charge < -0.3 is 5.73 Å². The van der Waals surface area contributed by atoms with Gasteiger partial charge in [0.2, 0.25) is 0 Å². The standard InChI is InChI=1S/C22H20N6O2/c1-12-14-5-3-4-6-16(14)22(30)28(12)21-18(11-24-27(21)2)13-7-8-15-17(9-13)19(10-23)25-26-20(15)29/h3-9,11-12H,10,23H2,1-2H3,(H,26,29). The van der Waals surface area contributed by atoms with Gasteiger partial charge in [-0.3, -0.25) is 19.2 Å². The minimum atomic E-state index is -0.265. The molecule has 1 aliphatic rings. The predicted molar refractivity (Wildman–Crippen MR) is 114 cm³/mol. The lowest BCUT2D eigenvalue weighted by Gasteiger charge is -2.23. The Morgan fingerprint density at radius 3 is 2.67 bits per heavy atom. The van der Waals surface area contributed by atoms with E-state index in [9.17, 15) is 9.59 Å². The Balaban J connectivity index is 1.69. The molecule has 3 heterocycles. The van der Waals surface area contributed by atoms with Gasteiger partial charge in [-0.1, -0.05) is 24.3 Å². The highest BCUT2D eigenvalue weighted by Crippen LogP contribution is 2.41. The van der Waals surface area contributed by atoms with Crippen molar-refractivity contribution in [3.8, 4) is 11.1 Å². The molecule has 3 N–H and O–H groups in total. The van der Waals surface area contributed by atoms with Crippen molar-refractivity contribution < 1.29 is 4.79 Å². The molecule has 2 aromatic carbocycles. The number of nitrogens with one attached hydrogen (secondary N) is 1. The number of amides is 1. The molecule has 5 rings (SSSR count). The number of nitrogens with zero attached hydrogens (tertiary/aromatic N) is 4. The van der Waals surface area contributed by atoms with Crippen LogP contribution in [-0.4, -0.2) is 25.9 Å². The highest BCUT2D eigenvalue weighted by atomic mass is 16.2. The largest absolute Gasteiger partial charge is 0.325 e. The third-order valence-corrected chi connectivity index (χ3v) is 5.75. The van der Waals surface area contributed by atoms with Crippen molar-refractivity contribution in [1.82, 2.24) is 20.0 Å². The van der Waals surface area contributed by atoms with Crippen LogP contribution in [-0.2, 0) is 13.6 Å². The van der Waals surface area contributed by atoms with E-state index in [1.807, 2.05) is 50.4 Å². The van der Waals surface area contributed by atoms with Crippen LogP contribution in [0.4, 0.5) is 5.82 Å². The highest BCUT2D eigenvalue weighted by molar-refractivity contribution is 6.12. The topological polar surface area (TPSA) is 110 Å². The molecule has 8 nitrogen and oxygen atoms in total. The molecule has 0 saturated carbocycles. The first-order valence-corrected chi connectivity index (χ1v) is 9.67. The summed E-state index contributed by atoms with van der Waals surface area (Å²) in [5.41, 5.74) is 9.50. The molecule has 150 valence electrons. The lowest BCUT2D eigenvalue weighted by Crippen LogP contribution is -2.28. The Hall–Kier alpha value is -3.78. The summed E-state index contributed by atoms with van der Waals surface area (Å²) in [5.74, 6) is 0.652. The van der Waals surface area contributed by atoms with Crippen molar-refractivity contribution in [1.29, 1.82) is 0 Å². The van der Waals surface area contributed by atoms with Crippen molar-refractivity contribution in [3.63, 3.8) is 0 Å². The highest BCUT2D eigenvalue weighted by Gasteiger charge is 2.37. The van der Waals surface area contributed by atoms with Gasteiger partial charge in [0, 0.05) is 30.1 Å². The van der Waals surface area contributed by atoms with Gasteiger partial charge in [-0.15, -0.1) is 0 Å². The van der Waals surface area contributed by atoms with E-state index in [0.29, 0.717) is 27.8 Å². The molecule has 1 atom stereocenters. The zero-order valence-corrected chi connectivity index (χ0v) is 16.6. The molecule has 0 aliphatic carbocycles. The fraction of sp³-hybridized carbons (Fsp3) is 0.182. The lowest BCUT2D eigenvalue weighted by atomic mass is 10.0. The van der Waals surface area contributed by atoms with Crippen LogP contribution in [0.15, 0.2) is 53.5 Å². The van der Waals surface area contributed by atoms with E-state index in [0.717, 1.165) is 16.7 Å². The summed E-state index contributed by atoms with van der Waals surface area (Å²) in [5, 5.41) is 12.2. The van der Waals surface area contributed by atoms with Crippen LogP contribution in [0.3, 0.4) is 0 Å². The summed E-state index contributed by atoms with van der Waals surface area (Å²) in [7, 11) is 1.82. The van der Waals surface area contributed by atoms with Crippen LogP contribution in [0.5, 0.6) is 0 Å². The normalized spacial score (nSPS) is 15.8. The number of hydrogen-bond acceptors (Lipinski definition) is 5. The number of H-pyrrole nitrogens is 1. The van der Waals surface area contributed by atoms with Crippen molar-refractivity contribution in [2.45, 2.75) is 19.5 Å². The van der Waals surface area contributed by atoms with Crippen LogP contribution in [0.2, 0.25) is 0 Å². The minimum absolute atomic E-state index is 0.0514. The number of fused-ring (bicyclic) bond motifs is 2.